The molecule has 126 valence electrons. The minimum atomic E-state index is -1.43. The molecule has 1 saturated heterocycles. The van der Waals surface area contributed by atoms with Crippen LogP contribution in [0.4, 0.5) is 4.39 Å². The van der Waals surface area contributed by atoms with Crippen LogP contribution >= 0.6 is 11.6 Å². The standard InChI is InChI=1S/C16H19ClFNO4/c1-2-7-16(15(22)23)9-19(8-6-12(16)20)14(21)13-10(17)4-3-5-11(13)18/h3-5,12,20H,2,6-9H2,1H3,(H,22,23)/t12-,16-/m1/s1. The molecule has 23 heavy (non-hydrogen) atoms. The summed E-state index contributed by atoms with van der Waals surface area (Å²) < 4.78 is 13.9. The van der Waals surface area contributed by atoms with E-state index in [1.807, 2.05) is 6.92 Å². The van der Waals surface area contributed by atoms with Crippen molar-refractivity contribution in [2.24, 2.45) is 5.41 Å². The fourth-order valence-corrected chi connectivity index (χ4v) is 3.37. The van der Waals surface area contributed by atoms with Gasteiger partial charge in [0.05, 0.1) is 16.7 Å². The van der Waals surface area contributed by atoms with E-state index in [0.717, 1.165) is 6.07 Å². The van der Waals surface area contributed by atoms with Gasteiger partial charge in [-0.05, 0) is 25.0 Å². The van der Waals surface area contributed by atoms with Crippen molar-refractivity contribution in [2.75, 3.05) is 13.1 Å². The highest BCUT2D eigenvalue weighted by Gasteiger charge is 2.49. The number of carboxylic acid groups (broad SMARTS) is 1. The molecule has 1 aromatic carbocycles. The summed E-state index contributed by atoms with van der Waals surface area (Å²) >= 11 is 5.91. The number of aliphatic hydroxyl groups excluding tert-OH is 1. The van der Waals surface area contributed by atoms with Crippen molar-refractivity contribution in [1.82, 2.24) is 4.90 Å². The van der Waals surface area contributed by atoms with Gasteiger partial charge in [-0.15, -0.1) is 0 Å². The molecular formula is C16H19ClFNO4. The van der Waals surface area contributed by atoms with E-state index in [0.29, 0.717) is 6.42 Å². The Bertz CT molecular complexity index is 604. The van der Waals surface area contributed by atoms with Gasteiger partial charge in [0, 0.05) is 13.1 Å². The van der Waals surface area contributed by atoms with E-state index >= 15 is 0 Å². The Morgan fingerprint density at radius 1 is 1.48 bits per heavy atom. The van der Waals surface area contributed by atoms with Gasteiger partial charge < -0.3 is 15.1 Å². The van der Waals surface area contributed by atoms with Gasteiger partial charge in [0.15, 0.2) is 0 Å². The van der Waals surface area contributed by atoms with Crippen LogP contribution in [0, 0.1) is 11.2 Å². The highest BCUT2D eigenvalue weighted by Crippen LogP contribution is 2.36. The lowest BCUT2D eigenvalue weighted by Crippen LogP contribution is -2.57. The summed E-state index contributed by atoms with van der Waals surface area (Å²) in [5, 5.41) is 19.7. The second-order valence-corrected chi connectivity index (χ2v) is 6.25. The Morgan fingerprint density at radius 3 is 2.74 bits per heavy atom. The third kappa shape index (κ3) is 3.19. The monoisotopic (exact) mass is 343 g/mol. The van der Waals surface area contributed by atoms with Gasteiger partial charge in [-0.3, -0.25) is 9.59 Å². The van der Waals surface area contributed by atoms with Crippen molar-refractivity contribution in [3.63, 3.8) is 0 Å². The molecule has 1 aliphatic heterocycles. The Morgan fingerprint density at radius 2 is 2.17 bits per heavy atom. The number of aliphatic carboxylic acids is 1. The van der Waals surface area contributed by atoms with Crippen molar-refractivity contribution in [3.8, 4) is 0 Å². The summed E-state index contributed by atoms with van der Waals surface area (Å²) in [6, 6.07) is 3.94. The zero-order chi connectivity index (χ0) is 17.2. The van der Waals surface area contributed by atoms with Gasteiger partial charge in [-0.1, -0.05) is 31.0 Å². The van der Waals surface area contributed by atoms with E-state index in [1.54, 1.807) is 0 Å². The van der Waals surface area contributed by atoms with Gasteiger partial charge in [0.2, 0.25) is 0 Å². The van der Waals surface area contributed by atoms with Crippen molar-refractivity contribution < 1.29 is 24.2 Å². The predicted molar refractivity (Wildman–Crippen MR) is 82.9 cm³/mol. The average molecular weight is 344 g/mol. The molecule has 0 unspecified atom stereocenters. The Labute approximate surface area is 138 Å². The van der Waals surface area contributed by atoms with E-state index in [4.69, 9.17) is 11.6 Å². The summed E-state index contributed by atoms with van der Waals surface area (Å²) in [5.41, 5.74) is -1.69. The number of piperidine rings is 1. The van der Waals surface area contributed by atoms with Crippen LogP contribution in [0.2, 0.25) is 5.02 Å². The quantitative estimate of drug-likeness (QED) is 0.880. The fraction of sp³-hybridized carbons (Fsp3) is 0.500. The summed E-state index contributed by atoms with van der Waals surface area (Å²) in [7, 11) is 0. The zero-order valence-electron chi connectivity index (χ0n) is 12.8. The van der Waals surface area contributed by atoms with Crippen LogP contribution in [0.15, 0.2) is 18.2 Å². The number of benzene rings is 1. The molecule has 7 heteroatoms. The summed E-state index contributed by atoms with van der Waals surface area (Å²) in [4.78, 5) is 25.6. The van der Waals surface area contributed by atoms with Gasteiger partial charge in [-0.25, -0.2) is 4.39 Å². The number of carbonyl (C=O) groups is 2. The maximum absolute atomic E-state index is 13.9. The second kappa shape index (κ2) is 6.84. The molecule has 2 rings (SSSR count). The highest BCUT2D eigenvalue weighted by atomic mass is 35.5. The minimum Gasteiger partial charge on any atom is -0.481 e. The normalized spacial score (nSPS) is 24.5. The lowest BCUT2D eigenvalue weighted by atomic mass is 9.74. The van der Waals surface area contributed by atoms with Gasteiger partial charge in [-0.2, -0.15) is 0 Å². The summed E-state index contributed by atoms with van der Waals surface area (Å²) in [6.45, 7) is 1.80. The van der Waals surface area contributed by atoms with E-state index in [2.05, 4.69) is 0 Å². The van der Waals surface area contributed by atoms with Crippen LogP contribution < -0.4 is 0 Å². The van der Waals surface area contributed by atoms with Crippen molar-refractivity contribution in [3.05, 3.63) is 34.6 Å². The Kier molecular flexibility index (Phi) is 5.26. The van der Waals surface area contributed by atoms with Crippen molar-refractivity contribution >= 4 is 23.5 Å². The Balaban J connectivity index is 2.34. The summed E-state index contributed by atoms with van der Waals surface area (Å²) in [5.74, 6) is -2.55. The molecule has 2 N–H and O–H groups in total. The van der Waals surface area contributed by atoms with Crippen LogP contribution in [-0.4, -0.2) is 46.2 Å². The number of nitrogens with zero attached hydrogens (tertiary/aromatic N) is 1. The molecule has 0 radical (unpaired) electrons. The topological polar surface area (TPSA) is 77.8 Å². The lowest BCUT2D eigenvalue weighted by molar-refractivity contribution is -0.162. The maximum atomic E-state index is 13.9. The molecule has 0 spiro atoms. The number of halogens is 2. The number of hydrogen-bond acceptors (Lipinski definition) is 3. The van der Waals surface area contributed by atoms with Crippen LogP contribution in [0.3, 0.4) is 0 Å². The Hall–Kier alpha value is -1.66. The van der Waals surface area contributed by atoms with Gasteiger partial charge >= 0.3 is 5.97 Å². The molecule has 0 bridgehead atoms. The predicted octanol–water partition coefficient (Wildman–Crippen LogP) is 2.56. The molecule has 1 amide bonds. The number of carbonyl (C=O) groups excluding carboxylic acids is 1. The van der Waals surface area contributed by atoms with Gasteiger partial charge in [0.25, 0.3) is 5.91 Å². The number of carboxylic acids is 1. The third-order valence-corrected chi connectivity index (χ3v) is 4.68. The largest absolute Gasteiger partial charge is 0.481 e. The molecule has 1 heterocycles. The molecular weight excluding hydrogens is 325 g/mol. The van der Waals surface area contributed by atoms with Crippen LogP contribution in [0.1, 0.15) is 36.5 Å². The number of likely N-dealkylation sites (tertiary alicyclic amines) is 1. The van der Waals surface area contributed by atoms with Crippen LogP contribution in [0.25, 0.3) is 0 Å². The van der Waals surface area contributed by atoms with E-state index in [1.165, 1.54) is 17.0 Å². The molecule has 5 nitrogen and oxygen atoms in total. The second-order valence-electron chi connectivity index (χ2n) is 5.84. The first-order valence-electron chi connectivity index (χ1n) is 7.48. The van der Waals surface area contributed by atoms with Crippen molar-refractivity contribution in [2.45, 2.75) is 32.3 Å². The number of rotatable bonds is 4. The molecule has 1 aromatic rings. The highest BCUT2D eigenvalue weighted by molar-refractivity contribution is 6.33. The van der Waals surface area contributed by atoms with E-state index in [-0.39, 0.29) is 36.5 Å². The van der Waals surface area contributed by atoms with Crippen molar-refractivity contribution in [1.29, 1.82) is 0 Å². The molecule has 0 aromatic heterocycles. The number of aliphatic hydroxyl groups is 1. The molecule has 0 aliphatic carbocycles. The third-order valence-electron chi connectivity index (χ3n) is 4.37. The molecule has 2 atom stereocenters. The van der Waals surface area contributed by atoms with E-state index < -0.39 is 29.2 Å². The lowest BCUT2D eigenvalue weighted by Gasteiger charge is -2.43. The average Bonchev–Trinajstić information content (AvgIpc) is 2.49. The first kappa shape index (κ1) is 17.7. The molecule has 1 fully saturated rings. The summed E-state index contributed by atoms with van der Waals surface area (Å²) in [6.07, 6.45) is -0.131. The van der Waals surface area contributed by atoms with Crippen LogP contribution in [0.5, 0.6) is 0 Å². The number of amides is 1. The van der Waals surface area contributed by atoms with E-state index in [9.17, 15) is 24.2 Å². The number of hydrogen-bond donors (Lipinski definition) is 2. The van der Waals surface area contributed by atoms with Gasteiger partial charge in [0.1, 0.15) is 11.2 Å². The first-order chi connectivity index (χ1) is 10.8. The molecule has 0 saturated carbocycles. The SMILES string of the molecule is CCC[C@@]1(C(=O)O)CN(C(=O)c2c(F)cccc2Cl)CC[C@H]1O. The maximum Gasteiger partial charge on any atom is 0.314 e. The molecule has 1 aliphatic rings. The smallest absolute Gasteiger partial charge is 0.314 e. The first-order valence-corrected chi connectivity index (χ1v) is 7.86. The zero-order valence-corrected chi connectivity index (χ0v) is 13.5. The van der Waals surface area contributed by atoms with Crippen LogP contribution in [-0.2, 0) is 4.79 Å². The fourth-order valence-electron chi connectivity index (χ4n) is 3.12. The minimum absolute atomic E-state index is 0.0162.